The van der Waals surface area contributed by atoms with E-state index in [9.17, 15) is 15.0 Å². The second-order valence-corrected chi connectivity index (χ2v) is 6.81. The molecule has 0 amide bonds. The average molecular weight is 359 g/mol. The van der Waals surface area contributed by atoms with Crippen molar-refractivity contribution < 1.29 is 24.3 Å². The second-order valence-electron chi connectivity index (χ2n) is 6.81. The molecule has 0 aliphatic heterocycles. The predicted molar refractivity (Wildman–Crippen MR) is 94.7 cm³/mol. The molecule has 0 radical (unpaired) electrons. The van der Waals surface area contributed by atoms with Crippen molar-refractivity contribution in [2.24, 2.45) is 0 Å². The molecular weight excluding hydrogens is 334 g/mol. The van der Waals surface area contributed by atoms with Gasteiger partial charge in [0.1, 0.15) is 6.61 Å². The number of rotatable bonds is 11. The fourth-order valence-electron chi connectivity index (χ4n) is 3.31. The summed E-state index contributed by atoms with van der Waals surface area (Å²) in [5.41, 5.74) is 2.76. The van der Waals surface area contributed by atoms with Gasteiger partial charge in [-0.2, -0.15) is 0 Å². The fraction of sp³-hybridized carbons (Fsp3) is 0.500. The van der Waals surface area contributed by atoms with Crippen LogP contribution < -0.4 is 0 Å². The standard InChI is InChI=1S/C20H25NO5/c22-12-17-19(15-8-9-15)20(21-26-17)16(11-18(23)24)7-4-10-25-13-14-5-2-1-3-6-14/h1-3,5-6,15-16,22H,4,7-13H2,(H,23,24). The monoisotopic (exact) mass is 359 g/mol. The van der Waals surface area contributed by atoms with Gasteiger partial charge < -0.3 is 19.5 Å². The molecule has 2 N–H and O–H groups in total. The lowest BCUT2D eigenvalue weighted by atomic mass is 9.91. The molecule has 1 fully saturated rings. The van der Waals surface area contributed by atoms with Crippen LogP contribution in [0, 0.1) is 0 Å². The Morgan fingerprint density at radius 1 is 1.31 bits per heavy atom. The van der Waals surface area contributed by atoms with Crippen molar-refractivity contribution >= 4 is 5.97 Å². The molecule has 1 aromatic carbocycles. The normalized spacial score (nSPS) is 15.1. The fourth-order valence-corrected chi connectivity index (χ4v) is 3.31. The molecule has 26 heavy (non-hydrogen) atoms. The summed E-state index contributed by atoms with van der Waals surface area (Å²) >= 11 is 0. The van der Waals surface area contributed by atoms with Gasteiger partial charge in [-0.1, -0.05) is 35.5 Å². The van der Waals surface area contributed by atoms with Crippen molar-refractivity contribution in [1.82, 2.24) is 5.16 Å². The summed E-state index contributed by atoms with van der Waals surface area (Å²) in [6.45, 7) is 0.920. The van der Waals surface area contributed by atoms with Gasteiger partial charge in [0.2, 0.25) is 0 Å². The third-order valence-electron chi connectivity index (χ3n) is 4.72. The maximum atomic E-state index is 11.3. The summed E-state index contributed by atoms with van der Waals surface area (Å²) in [5.74, 6) is -0.231. The van der Waals surface area contributed by atoms with Crippen molar-refractivity contribution in [3.63, 3.8) is 0 Å². The second kappa shape index (κ2) is 8.96. The molecule has 6 heteroatoms. The lowest BCUT2D eigenvalue weighted by Crippen LogP contribution is -2.10. The number of hydrogen-bond donors (Lipinski definition) is 2. The van der Waals surface area contributed by atoms with E-state index in [0.29, 0.717) is 37.0 Å². The summed E-state index contributed by atoms with van der Waals surface area (Å²) in [7, 11) is 0. The Bertz CT molecular complexity index is 708. The molecule has 1 aliphatic carbocycles. The number of hydrogen-bond acceptors (Lipinski definition) is 5. The first-order valence-corrected chi connectivity index (χ1v) is 9.11. The zero-order valence-electron chi connectivity index (χ0n) is 14.8. The Morgan fingerprint density at radius 3 is 2.73 bits per heavy atom. The maximum absolute atomic E-state index is 11.3. The highest BCUT2D eigenvalue weighted by Gasteiger charge is 2.35. The van der Waals surface area contributed by atoms with Crippen LogP contribution in [0.15, 0.2) is 34.9 Å². The highest BCUT2D eigenvalue weighted by molar-refractivity contribution is 5.68. The summed E-state index contributed by atoms with van der Waals surface area (Å²) in [5, 5.41) is 22.8. The van der Waals surface area contributed by atoms with Gasteiger partial charge in [0.05, 0.1) is 18.7 Å². The summed E-state index contributed by atoms with van der Waals surface area (Å²) in [6.07, 6.45) is 3.51. The van der Waals surface area contributed by atoms with Crippen LogP contribution >= 0.6 is 0 Å². The average Bonchev–Trinajstić information content (AvgIpc) is 3.39. The molecule has 6 nitrogen and oxygen atoms in total. The first kappa shape index (κ1) is 18.6. The first-order chi connectivity index (χ1) is 12.7. The van der Waals surface area contributed by atoms with Crippen LogP contribution in [0.1, 0.15) is 66.5 Å². The van der Waals surface area contributed by atoms with E-state index in [-0.39, 0.29) is 18.9 Å². The van der Waals surface area contributed by atoms with Crippen LogP contribution in [0.2, 0.25) is 0 Å². The Kier molecular flexibility index (Phi) is 6.41. The molecule has 1 unspecified atom stereocenters. The summed E-state index contributed by atoms with van der Waals surface area (Å²) < 4.78 is 11.0. The highest BCUT2D eigenvalue weighted by atomic mass is 16.5. The van der Waals surface area contributed by atoms with Crippen molar-refractivity contribution in [2.45, 2.75) is 57.2 Å². The van der Waals surface area contributed by atoms with E-state index in [1.54, 1.807) is 0 Å². The smallest absolute Gasteiger partial charge is 0.304 e. The minimum absolute atomic E-state index is 0.00973. The van der Waals surface area contributed by atoms with Crippen LogP contribution in [0.25, 0.3) is 0 Å². The lowest BCUT2D eigenvalue weighted by molar-refractivity contribution is -0.137. The van der Waals surface area contributed by atoms with Gasteiger partial charge in [0.25, 0.3) is 0 Å². The van der Waals surface area contributed by atoms with Crippen molar-refractivity contribution in [3.8, 4) is 0 Å². The molecule has 0 bridgehead atoms. The van der Waals surface area contributed by atoms with Gasteiger partial charge in [-0.3, -0.25) is 4.79 Å². The molecule has 1 atom stereocenters. The Morgan fingerprint density at radius 2 is 2.08 bits per heavy atom. The van der Waals surface area contributed by atoms with E-state index < -0.39 is 5.97 Å². The summed E-state index contributed by atoms with van der Waals surface area (Å²) in [4.78, 5) is 11.3. The van der Waals surface area contributed by atoms with Crippen molar-refractivity contribution in [2.75, 3.05) is 6.61 Å². The van der Waals surface area contributed by atoms with E-state index in [1.807, 2.05) is 30.3 Å². The van der Waals surface area contributed by atoms with Crippen molar-refractivity contribution in [3.05, 3.63) is 52.9 Å². The number of carboxylic acid groups (broad SMARTS) is 1. The number of carbonyl (C=O) groups is 1. The highest BCUT2D eigenvalue weighted by Crippen LogP contribution is 2.46. The number of aliphatic hydroxyl groups excluding tert-OH is 1. The molecule has 1 heterocycles. The SMILES string of the molecule is O=C(O)CC(CCCOCc1ccccc1)c1noc(CO)c1C1CC1. The third-order valence-corrected chi connectivity index (χ3v) is 4.72. The molecule has 140 valence electrons. The number of carboxylic acids is 1. The Labute approximate surface area is 152 Å². The van der Waals surface area contributed by atoms with Gasteiger partial charge in [-0.25, -0.2) is 0 Å². The maximum Gasteiger partial charge on any atom is 0.304 e. The lowest BCUT2D eigenvalue weighted by Gasteiger charge is -2.14. The molecule has 2 aromatic rings. The van der Waals surface area contributed by atoms with Crippen molar-refractivity contribution in [1.29, 1.82) is 0 Å². The number of benzene rings is 1. The van der Waals surface area contributed by atoms with Crippen LogP contribution in [0.5, 0.6) is 0 Å². The summed E-state index contributed by atoms with van der Waals surface area (Å²) in [6, 6.07) is 9.95. The van der Waals surface area contributed by atoms with Crippen LogP contribution in [0.3, 0.4) is 0 Å². The first-order valence-electron chi connectivity index (χ1n) is 9.11. The van der Waals surface area contributed by atoms with E-state index >= 15 is 0 Å². The van der Waals surface area contributed by atoms with Crippen LogP contribution in [-0.4, -0.2) is 27.9 Å². The zero-order valence-corrected chi connectivity index (χ0v) is 14.8. The van der Waals surface area contributed by atoms with E-state index in [0.717, 1.165) is 30.4 Å². The quantitative estimate of drug-likeness (QED) is 0.596. The molecular formula is C20H25NO5. The molecule has 0 spiro atoms. The number of ether oxygens (including phenoxy) is 1. The Balaban J connectivity index is 1.56. The van der Waals surface area contributed by atoms with Gasteiger partial charge in [-0.15, -0.1) is 0 Å². The minimum Gasteiger partial charge on any atom is -0.481 e. The van der Waals surface area contributed by atoms with Gasteiger partial charge >= 0.3 is 5.97 Å². The zero-order chi connectivity index (χ0) is 18.4. The van der Waals surface area contributed by atoms with E-state index in [1.165, 1.54) is 0 Å². The topological polar surface area (TPSA) is 92.8 Å². The predicted octanol–water partition coefficient (Wildman–Crippen LogP) is 3.60. The number of aliphatic hydroxyl groups is 1. The van der Waals surface area contributed by atoms with Gasteiger partial charge in [0, 0.05) is 18.1 Å². The Hall–Kier alpha value is -2.18. The molecule has 1 aromatic heterocycles. The van der Waals surface area contributed by atoms with Gasteiger partial charge in [0.15, 0.2) is 5.76 Å². The van der Waals surface area contributed by atoms with Crippen LogP contribution in [-0.2, 0) is 22.7 Å². The number of nitrogens with zero attached hydrogens (tertiary/aromatic N) is 1. The molecule has 1 aliphatic rings. The largest absolute Gasteiger partial charge is 0.481 e. The number of aromatic nitrogens is 1. The molecule has 0 saturated heterocycles. The van der Waals surface area contributed by atoms with E-state index in [2.05, 4.69) is 5.16 Å². The molecule has 1 saturated carbocycles. The minimum atomic E-state index is -0.851. The molecule has 3 rings (SSSR count). The van der Waals surface area contributed by atoms with Crippen LogP contribution in [0.4, 0.5) is 0 Å². The number of aliphatic carboxylic acids is 1. The third kappa shape index (κ3) is 4.93. The van der Waals surface area contributed by atoms with E-state index in [4.69, 9.17) is 9.26 Å². The van der Waals surface area contributed by atoms with Gasteiger partial charge in [-0.05, 0) is 37.2 Å².